The molecule has 1 aromatic rings. The monoisotopic (exact) mass is 274 g/mol. The summed E-state index contributed by atoms with van der Waals surface area (Å²) in [6.45, 7) is 7.86. The second-order valence-electron chi connectivity index (χ2n) is 5.00. The van der Waals surface area contributed by atoms with E-state index in [0.29, 0.717) is 18.5 Å². The smallest absolute Gasteiger partial charge is 0.233 e. The van der Waals surface area contributed by atoms with Gasteiger partial charge >= 0.3 is 0 Å². The third kappa shape index (κ3) is 4.80. The SMILES string of the molecule is [CH2]c1ccc(N(C(=O)CCC)C(=O)CCCCC)cc1. The van der Waals surface area contributed by atoms with E-state index in [1.807, 2.05) is 19.1 Å². The van der Waals surface area contributed by atoms with Gasteiger partial charge in [-0.15, -0.1) is 0 Å². The Labute approximate surface area is 122 Å². The maximum Gasteiger partial charge on any atom is 0.233 e. The zero-order valence-corrected chi connectivity index (χ0v) is 12.5. The van der Waals surface area contributed by atoms with E-state index < -0.39 is 0 Å². The first-order valence-corrected chi connectivity index (χ1v) is 7.38. The molecule has 0 saturated carbocycles. The van der Waals surface area contributed by atoms with Crippen molar-refractivity contribution in [3.63, 3.8) is 0 Å². The van der Waals surface area contributed by atoms with Crippen molar-refractivity contribution in [2.24, 2.45) is 0 Å². The van der Waals surface area contributed by atoms with Crippen LogP contribution < -0.4 is 4.90 Å². The minimum atomic E-state index is -0.120. The lowest BCUT2D eigenvalue weighted by Crippen LogP contribution is -2.36. The Morgan fingerprint density at radius 2 is 1.55 bits per heavy atom. The molecule has 1 radical (unpaired) electrons. The van der Waals surface area contributed by atoms with Crippen LogP contribution in [0.15, 0.2) is 24.3 Å². The fourth-order valence-corrected chi connectivity index (χ4v) is 2.04. The van der Waals surface area contributed by atoms with Crippen LogP contribution in [-0.4, -0.2) is 11.8 Å². The summed E-state index contributed by atoms with van der Waals surface area (Å²) < 4.78 is 0. The maximum atomic E-state index is 12.3. The summed E-state index contributed by atoms with van der Waals surface area (Å²) in [5.41, 5.74) is 1.52. The molecule has 0 saturated heterocycles. The van der Waals surface area contributed by atoms with Crippen LogP contribution in [0, 0.1) is 6.92 Å². The number of benzene rings is 1. The topological polar surface area (TPSA) is 37.4 Å². The second kappa shape index (κ2) is 8.51. The van der Waals surface area contributed by atoms with Gasteiger partial charge < -0.3 is 0 Å². The zero-order valence-electron chi connectivity index (χ0n) is 12.5. The van der Waals surface area contributed by atoms with Crippen LogP contribution >= 0.6 is 0 Å². The number of amides is 2. The Morgan fingerprint density at radius 1 is 0.950 bits per heavy atom. The summed E-state index contributed by atoms with van der Waals surface area (Å²) in [4.78, 5) is 25.8. The van der Waals surface area contributed by atoms with Crippen molar-refractivity contribution < 1.29 is 9.59 Å². The molecule has 3 heteroatoms. The standard InChI is InChI=1S/C17H24NO2/c1-4-6-7-9-17(20)18(16(19)8-5-2)15-12-10-14(3)11-13-15/h10-13H,3-9H2,1-2H3. The predicted molar refractivity (Wildman–Crippen MR) is 82.4 cm³/mol. The zero-order chi connectivity index (χ0) is 15.0. The van der Waals surface area contributed by atoms with Crippen LogP contribution in [0.4, 0.5) is 5.69 Å². The number of rotatable bonds is 7. The van der Waals surface area contributed by atoms with E-state index in [2.05, 4.69) is 13.8 Å². The highest BCUT2D eigenvalue weighted by Gasteiger charge is 2.21. The van der Waals surface area contributed by atoms with Crippen LogP contribution in [0.25, 0.3) is 0 Å². The lowest BCUT2D eigenvalue weighted by molar-refractivity contribution is -0.126. The molecule has 0 atom stereocenters. The molecule has 0 unspecified atom stereocenters. The summed E-state index contributed by atoms with van der Waals surface area (Å²) in [5, 5.41) is 0. The lowest BCUT2D eigenvalue weighted by atomic mass is 10.1. The molecule has 20 heavy (non-hydrogen) atoms. The van der Waals surface area contributed by atoms with Crippen LogP contribution in [0.2, 0.25) is 0 Å². The number of anilines is 1. The molecule has 0 heterocycles. The molecule has 109 valence electrons. The minimum Gasteiger partial charge on any atom is -0.274 e. The molecule has 2 amide bonds. The number of carbonyl (C=O) groups excluding carboxylic acids is 2. The van der Waals surface area contributed by atoms with Crippen molar-refractivity contribution in [2.45, 2.75) is 52.4 Å². The van der Waals surface area contributed by atoms with E-state index in [-0.39, 0.29) is 11.8 Å². The highest BCUT2D eigenvalue weighted by molar-refractivity contribution is 6.14. The largest absolute Gasteiger partial charge is 0.274 e. The average molecular weight is 274 g/mol. The number of hydrogen-bond acceptors (Lipinski definition) is 2. The molecular weight excluding hydrogens is 250 g/mol. The third-order valence-corrected chi connectivity index (χ3v) is 3.15. The van der Waals surface area contributed by atoms with E-state index in [1.165, 1.54) is 4.90 Å². The molecule has 0 aliphatic heterocycles. The van der Waals surface area contributed by atoms with E-state index in [1.54, 1.807) is 12.1 Å². The van der Waals surface area contributed by atoms with Crippen LogP contribution in [0.5, 0.6) is 0 Å². The van der Waals surface area contributed by atoms with Crippen molar-refractivity contribution in [1.82, 2.24) is 0 Å². The fraction of sp³-hybridized carbons (Fsp3) is 0.471. The highest BCUT2D eigenvalue weighted by Crippen LogP contribution is 2.19. The number of unbranched alkanes of at least 4 members (excludes halogenated alkanes) is 2. The van der Waals surface area contributed by atoms with Gasteiger partial charge in [-0.25, -0.2) is 0 Å². The minimum absolute atomic E-state index is 0.103. The molecule has 0 N–H and O–H groups in total. The molecule has 0 spiro atoms. The summed E-state index contributed by atoms with van der Waals surface area (Å²) >= 11 is 0. The molecule has 1 rings (SSSR count). The van der Waals surface area contributed by atoms with Crippen molar-refractivity contribution in [3.8, 4) is 0 Å². The highest BCUT2D eigenvalue weighted by atomic mass is 16.2. The van der Waals surface area contributed by atoms with Gasteiger partial charge in [0.2, 0.25) is 11.8 Å². The molecular formula is C17H24NO2. The Bertz CT molecular complexity index is 437. The van der Waals surface area contributed by atoms with E-state index in [4.69, 9.17) is 0 Å². The Balaban J connectivity index is 2.87. The number of hydrogen-bond donors (Lipinski definition) is 0. The third-order valence-electron chi connectivity index (χ3n) is 3.15. The Kier molecular flexibility index (Phi) is 6.99. The fourth-order valence-electron chi connectivity index (χ4n) is 2.04. The van der Waals surface area contributed by atoms with E-state index >= 15 is 0 Å². The average Bonchev–Trinajstić information content (AvgIpc) is 2.42. The van der Waals surface area contributed by atoms with Crippen molar-refractivity contribution in [2.75, 3.05) is 4.90 Å². The first-order valence-electron chi connectivity index (χ1n) is 7.38. The molecule has 0 aliphatic rings. The first-order chi connectivity index (χ1) is 9.60. The molecule has 0 aliphatic carbocycles. The molecule has 0 bridgehead atoms. The lowest BCUT2D eigenvalue weighted by Gasteiger charge is -2.21. The van der Waals surface area contributed by atoms with E-state index in [0.717, 1.165) is 31.2 Å². The molecule has 0 fully saturated rings. The Hall–Kier alpha value is -1.64. The summed E-state index contributed by atoms with van der Waals surface area (Å²) in [7, 11) is 0. The van der Waals surface area contributed by atoms with Gasteiger partial charge in [0.05, 0.1) is 5.69 Å². The normalized spacial score (nSPS) is 10.3. The summed E-state index contributed by atoms with van der Waals surface area (Å²) in [5.74, 6) is -0.223. The number of imide groups is 1. The van der Waals surface area contributed by atoms with Gasteiger partial charge in [0.25, 0.3) is 0 Å². The summed E-state index contributed by atoms with van der Waals surface area (Å²) in [6, 6.07) is 7.21. The number of carbonyl (C=O) groups is 2. The Morgan fingerprint density at radius 3 is 2.10 bits per heavy atom. The van der Waals surface area contributed by atoms with Gasteiger partial charge in [-0.2, -0.15) is 0 Å². The van der Waals surface area contributed by atoms with Crippen molar-refractivity contribution >= 4 is 17.5 Å². The van der Waals surface area contributed by atoms with Gasteiger partial charge in [-0.3, -0.25) is 14.5 Å². The first kappa shape index (κ1) is 16.4. The van der Waals surface area contributed by atoms with Crippen molar-refractivity contribution in [1.29, 1.82) is 0 Å². The van der Waals surface area contributed by atoms with Gasteiger partial charge in [0, 0.05) is 12.8 Å². The summed E-state index contributed by atoms with van der Waals surface area (Å²) in [6.07, 6.45) is 4.47. The van der Waals surface area contributed by atoms with Crippen LogP contribution in [-0.2, 0) is 9.59 Å². The molecule has 0 aromatic heterocycles. The molecule has 3 nitrogen and oxygen atoms in total. The molecule has 1 aromatic carbocycles. The van der Waals surface area contributed by atoms with Gasteiger partial charge in [-0.1, -0.05) is 38.8 Å². The number of nitrogens with zero attached hydrogens (tertiary/aromatic N) is 1. The van der Waals surface area contributed by atoms with Crippen LogP contribution in [0.1, 0.15) is 57.9 Å². The predicted octanol–water partition coefficient (Wildman–Crippen LogP) is 4.11. The van der Waals surface area contributed by atoms with Gasteiger partial charge in [0.15, 0.2) is 0 Å². The van der Waals surface area contributed by atoms with Crippen molar-refractivity contribution in [3.05, 3.63) is 36.8 Å². The maximum absolute atomic E-state index is 12.3. The van der Waals surface area contributed by atoms with Crippen LogP contribution in [0.3, 0.4) is 0 Å². The quantitative estimate of drug-likeness (QED) is 0.702. The van der Waals surface area contributed by atoms with Gasteiger partial charge in [-0.05, 0) is 37.5 Å². The second-order valence-corrected chi connectivity index (χ2v) is 5.00. The van der Waals surface area contributed by atoms with Gasteiger partial charge in [0.1, 0.15) is 0 Å². The van der Waals surface area contributed by atoms with E-state index in [9.17, 15) is 9.59 Å².